The standard InChI is InChI=1S/C14H12ClN3O3S/c1-21-12-3-2-8(15)4-11(12)18-13(19)10(17-14(18)20)5-9-6-16-7-22-9/h2-4,6-7,10H,5H2,1H3,(H,17,20). The lowest BCUT2D eigenvalue weighted by Gasteiger charge is -2.16. The third-order valence-electron chi connectivity index (χ3n) is 3.29. The number of hydrogen-bond acceptors (Lipinski definition) is 5. The van der Waals surface area contributed by atoms with Crippen molar-refractivity contribution in [2.75, 3.05) is 12.0 Å². The summed E-state index contributed by atoms with van der Waals surface area (Å²) in [6, 6.07) is 3.69. The maximum Gasteiger partial charge on any atom is 0.329 e. The van der Waals surface area contributed by atoms with Gasteiger partial charge in [-0.15, -0.1) is 11.3 Å². The Labute approximate surface area is 135 Å². The second-order valence-electron chi connectivity index (χ2n) is 4.66. The summed E-state index contributed by atoms with van der Waals surface area (Å²) < 4.78 is 5.21. The van der Waals surface area contributed by atoms with Gasteiger partial charge in [0.25, 0.3) is 5.91 Å². The first-order valence-electron chi connectivity index (χ1n) is 6.45. The van der Waals surface area contributed by atoms with Gasteiger partial charge in [-0.05, 0) is 18.2 Å². The summed E-state index contributed by atoms with van der Waals surface area (Å²) in [4.78, 5) is 30.7. The third kappa shape index (κ3) is 2.65. The fraction of sp³-hybridized carbons (Fsp3) is 0.214. The number of hydrogen-bond donors (Lipinski definition) is 1. The normalized spacial score (nSPS) is 17.7. The summed E-state index contributed by atoms with van der Waals surface area (Å²) in [5.74, 6) is 0.0744. The van der Waals surface area contributed by atoms with Crippen LogP contribution in [0.3, 0.4) is 0 Å². The number of ether oxygens (including phenoxy) is 1. The average molecular weight is 338 g/mol. The molecule has 0 bridgehead atoms. The summed E-state index contributed by atoms with van der Waals surface area (Å²) in [5.41, 5.74) is 2.03. The Morgan fingerprint density at radius 2 is 2.27 bits per heavy atom. The highest BCUT2D eigenvalue weighted by atomic mass is 35.5. The Kier molecular flexibility index (Phi) is 4.00. The highest BCUT2D eigenvalue weighted by Gasteiger charge is 2.40. The Morgan fingerprint density at radius 3 is 2.95 bits per heavy atom. The second kappa shape index (κ2) is 5.94. The van der Waals surface area contributed by atoms with Crippen LogP contribution in [-0.4, -0.2) is 30.1 Å². The quantitative estimate of drug-likeness (QED) is 0.870. The van der Waals surface area contributed by atoms with Crippen LogP contribution in [0.25, 0.3) is 0 Å². The average Bonchev–Trinajstić information content (AvgIpc) is 3.08. The molecule has 114 valence electrons. The Bertz CT molecular complexity index is 720. The van der Waals surface area contributed by atoms with Gasteiger partial charge in [-0.25, -0.2) is 9.69 Å². The van der Waals surface area contributed by atoms with Gasteiger partial charge >= 0.3 is 6.03 Å². The number of thiazole rings is 1. The summed E-state index contributed by atoms with van der Waals surface area (Å²) in [6.45, 7) is 0. The molecule has 2 aromatic rings. The number of amides is 3. The maximum atomic E-state index is 12.6. The molecule has 8 heteroatoms. The molecule has 1 unspecified atom stereocenters. The van der Waals surface area contributed by atoms with Crippen molar-refractivity contribution in [1.82, 2.24) is 10.3 Å². The van der Waals surface area contributed by atoms with Crippen molar-refractivity contribution in [3.63, 3.8) is 0 Å². The first kappa shape index (κ1) is 14.8. The number of imide groups is 1. The van der Waals surface area contributed by atoms with E-state index < -0.39 is 12.1 Å². The van der Waals surface area contributed by atoms with E-state index in [1.165, 1.54) is 24.5 Å². The predicted octanol–water partition coefficient (Wildman–Crippen LogP) is 2.47. The third-order valence-corrected chi connectivity index (χ3v) is 4.33. The number of rotatable bonds is 4. The lowest BCUT2D eigenvalue weighted by molar-refractivity contribution is -0.118. The SMILES string of the molecule is COc1ccc(Cl)cc1N1C(=O)NC(Cc2cncs2)C1=O. The van der Waals surface area contributed by atoms with E-state index in [1.807, 2.05) is 0 Å². The van der Waals surface area contributed by atoms with E-state index >= 15 is 0 Å². The largest absolute Gasteiger partial charge is 0.495 e. The van der Waals surface area contributed by atoms with Crippen LogP contribution in [0.5, 0.6) is 5.75 Å². The lowest BCUT2D eigenvalue weighted by Crippen LogP contribution is -2.32. The Hall–Kier alpha value is -2.12. The first-order chi connectivity index (χ1) is 10.6. The molecule has 0 saturated carbocycles. The molecule has 3 amide bonds. The van der Waals surface area contributed by atoms with E-state index in [9.17, 15) is 9.59 Å². The monoisotopic (exact) mass is 337 g/mol. The van der Waals surface area contributed by atoms with Crippen LogP contribution in [0.2, 0.25) is 5.02 Å². The number of nitrogens with zero attached hydrogens (tertiary/aromatic N) is 2. The molecule has 3 rings (SSSR count). The molecule has 0 aliphatic carbocycles. The molecule has 0 spiro atoms. The molecule has 0 radical (unpaired) electrons. The molecular formula is C14H12ClN3O3S. The molecule has 1 atom stereocenters. The van der Waals surface area contributed by atoms with Crippen LogP contribution in [0.4, 0.5) is 10.5 Å². The molecule has 1 fully saturated rings. The van der Waals surface area contributed by atoms with E-state index in [1.54, 1.807) is 23.8 Å². The van der Waals surface area contributed by atoms with Crippen molar-refractivity contribution in [2.24, 2.45) is 0 Å². The van der Waals surface area contributed by atoms with Crippen LogP contribution in [-0.2, 0) is 11.2 Å². The molecule has 1 aliphatic rings. The summed E-state index contributed by atoms with van der Waals surface area (Å²) in [7, 11) is 1.47. The van der Waals surface area contributed by atoms with Crippen molar-refractivity contribution < 1.29 is 14.3 Å². The minimum absolute atomic E-state index is 0.334. The molecule has 6 nitrogen and oxygen atoms in total. The van der Waals surface area contributed by atoms with Crippen molar-refractivity contribution in [3.05, 3.63) is 39.8 Å². The molecule has 1 aliphatic heterocycles. The molecule has 1 aromatic carbocycles. The second-order valence-corrected chi connectivity index (χ2v) is 6.07. The van der Waals surface area contributed by atoms with Crippen molar-refractivity contribution >= 4 is 40.6 Å². The number of nitrogens with one attached hydrogen (secondary N) is 1. The minimum Gasteiger partial charge on any atom is -0.495 e. The van der Waals surface area contributed by atoms with Crippen LogP contribution in [0.15, 0.2) is 29.9 Å². The van der Waals surface area contributed by atoms with E-state index in [-0.39, 0.29) is 5.91 Å². The summed E-state index contributed by atoms with van der Waals surface area (Å²) in [6.07, 6.45) is 2.10. The van der Waals surface area contributed by atoms with Crippen molar-refractivity contribution in [1.29, 1.82) is 0 Å². The van der Waals surface area contributed by atoms with Crippen LogP contribution < -0.4 is 15.0 Å². The molecule has 1 saturated heterocycles. The lowest BCUT2D eigenvalue weighted by atomic mass is 10.2. The number of urea groups is 1. The number of anilines is 1. The van der Waals surface area contributed by atoms with Gasteiger partial charge in [0.1, 0.15) is 11.8 Å². The highest BCUT2D eigenvalue weighted by Crippen LogP contribution is 2.33. The fourth-order valence-corrected chi connectivity index (χ4v) is 3.09. The van der Waals surface area contributed by atoms with E-state index in [4.69, 9.17) is 16.3 Å². The van der Waals surface area contributed by atoms with Gasteiger partial charge in [0, 0.05) is 22.5 Å². The van der Waals surface area contributed by atoms with Gasteiger partial charge in [0.2, 0.25) is 0 Å². The number of halogens is 1. The molecule has 1 aromatic heterocycles. The van der Waals surface area contributed by atoms with Crippen LogP contribution in [0, 0.1) is 0 Å². The van der Waals surface area contributed by atoms with Gasteiger partial charge < -0.3 is 10.1 Å². The number of benzene rings is 1. The van der Waals surface area contributed by atoms with Gasteiger partial charge in [0.05, 0.1) is 18.3 Å². The zero-order valence-corrected chi connectivity index (χ0v) is 13.1. The highest BCUT2D eigenvalue weighted by molar-refractivity contribution is 7.09. The molecule has 1 N–H and O–H groups in total. The molecule has 22 heavy (non-hydrogen) atoms. The minimum atomic E-state index is -0.614. The molecular weight excluding hydrogens is 326 g/mol. The van der Waals surface area contributed by atoms with Crippen LogP contribution in [0.1, 0.15) is 4.88 Å². The topological polar surface area (TPSA) is 71.5 Å². The van der Waals surface area contributed by atoms with Crippen LogP contribution >= 0.6 is 22.9 Å². The van der Waals surface area contributed by atoms with E-state index in [0.717, 1.165) is 9.78 Å². The fourth-order valence-electron chi connectivity index (χ4n) is 2.28. The number of carbonyl (C=O) groups is 2. The number of aromatic nitrogens is 1. The zero-order chi connectivity index (χ0) is 15.7. The Balaban J connectivity index is 1.90. The smallest absolute Gasteiger partial charge is 0.329 e. The number of carbonyl (C=O) groups excluding carboxylic acids is 2. The predicted molar refractivity (Wildman–Crippen MR) is 83.6 cm³/mol. The van der Waals surface area contributed by atoms with E-state index in [0.29, 0.717) is 22.9 Å². The maximum absolute atomic E-state index is 12.6. The van der Waals surface area contributed by atoms with Gasteiger partial charge in [-0.3, -0.25) is 9.78 Å². The molecule has 2 heterocycles. The van der Waals surface area contributed by atoms with E-state index in [2.05, 4.69) is 10.3 Å². The first-order valence-corrected chi connectivity index (χ1v) is 7.71. The van der Waals surface area contributed by atoms with Crippen molar-refractivity contribution in [3.8, 4) is 5.75 Å². The number of methoxy groups -OCH3 is 1. The van der Waals surface area contributed by atoms with Gasteiger partial charge in [0.15, 0.2) is 0 Å². The van der Waals surface area contributed by atoms with Gasteiger partial charge in [-0.1, -0.05) is 11.6 Å². The van der Waals surface area contributed by atoms with Crippen molar-refractivity contribution in [2.45, 2.75) is 12.5 Å². The summed E-state index contributed by atoms with van der Waals surface area (Å²) >= 11 is 7.41. The summed E-state index contributed by atoms with van der Waals surface area (Å²) in [5, 5.41) is 3.10. The van der Waals surface area contributed by atoms with Gasteiger partial charge in [-0.2, -0.15) is 0 Å². The Morgan fingerprint density at radius 1 is 1.45 bits per heavy atom. The zero-order valence-electron chi connectivity index (χ0n) is 11.6.